The number of hydrogen-bond donors (Lipinski definition) is 1. The zero-order valence-electron chi connectivity index (χ0n) is 24.8. The van der Waals surface area contributed by atoms with E-state index in [4.69, 9.17) is 9.47 Å². The Morgan fingerprint density at radius 2 is 1.45 bits per heavy atom. The molecular weight excluding hydrogens is 581 g/mol. The molecule has 1 atom stereocenters. The molecule has 0 amide bonds. The largest absolute Gasteiger partial charge is 0.744 e. The third kappa shape index (κ3) is 7.24. The summed E-state index contributed by atoms with van der Waals surface area (Å²) in [7, 11) is -8.95. The minimum Gasteiger partial charge on any atom is -0.744 e. The molecule has 0 radical (unpaired) electrons. The zero-order valence-corrected chi connectivity index (χ0v) is 26.4. The Hall–Kier alpha value is -2.73. The van der Waals surface area contributed by atoms with E-state index in [1.165, 1.54) is 42.5 Å². The van der Waals surface area contributed by atoms with Gasteiger partial charge in [0, 0.05) is 11.6 Å². The molecule has 0 spiro atoms. The van der Waals surface area contributed by atoms with Crippen LogP contribution < -0.4 is 9.46 Å². The van der Waals surface area contributed by atoms with E-state index < -0.39 is 32.2 Å². The van der Waals surface area contributed by atoms with Crippen LogP contribution in [0.3, 0.4) is 0 Å². The number of hydrogen-bond acceptors (Lipinski definition) is 7. The fourth-order valence-corrected chi connectivity index (χ4v) is 7.48. The van der Waals surface area contributed by atoms with Crippen molar-refractivity contribution < 1.29 is 35.3 Å². The molecule has 1 aliphatic carbocycles. The maximum Gasteiger partial charge on any atom is 0.261 e. The van der Waals surface area contributed by atoms with E-state index in [0.717, 1.165) is 25.7 Å². The predicted octanol–water partition coefficient (Wildman–Crippen LogP) is 7.25. The molecule has 1 saturated carbocycles. The Labute approximate surface area is 248 Å². The second-order valence-corrected chi connectivity index (χ2v) is 14.9. The second-order valence-electron chi connectivity index (χ2n) is 11.9. The molecular formula is C31H39FNO7S2-. The number of ether oxygens (including phenoxy) is 2. The summed E-state index contributed by atoms with van der Waals surface area (Å²) in [6.07, 6.45) is 3.47. The van der Waals surface area contributed by atoms with Crippen molar-refractivity contribution in [1.29, 1.82) is 0 Å². The number of sulfonamides is 1. The van der Waals surface area contributed by atoms with Crippen molar-refractivity contribution >= 4 is 36.6 Å². The molecule has 42 heavy (non-hydrogen) atoms. The van der Waals surface area contributed by atoms with Crippen molar-refractivity contribution in [3.05, 3.63) is 59.4 Å². The summed E-state index contributed by atoms with van der Waals surface area (Å²) in [6.45, 7) is 10.8. The van der Waals surface area contributed by atoms with Gasteiger partial charge >= 0.3 is 0 Å². The normalized spacial score (nSPS) is 15.7. The SMILES string of the molecule is CC(C)c1cc(NS(=O)(=O)c2ccc3cc(F)c(OC(OC4CCCC4)C(C)C)cc3c2)cc(C(C)C)c1S(=O)(=O)[O-]. The minimum absolute atomic E-state index is 0.0285. The number of nitrogens with one attached hydrogen (secondary N) is 1. The van der Waals surface area contributed by atoms with Gasteiger partial charge < -0.3 is 14.0 Å². The van der Waals surface area contributed by atoms with Gasteiger partial charge in [0.1, 0.15) is 10.1 Å². The molecule has 1 aliphatic rings. The van der Waals surface area contributed by atoms with Gasteiger partial charge in [-0.2, -0.15) is 0 Å². The first-order chi connectivity index (χ1) is 19.6. The molecule has 1 unspecified atom stereocenters. The standard InChI is InChI=1S/C31H40FNO7S2/c1-18(2)26-16-23(17-27(19(3)4)30(26)42(36,37)38)33-41(34,35)25-12-11-21-14-28(32)29(15-22(21)13-25)40-31(20(5)6)39-24-9-7-8-10-24/h11-20,24,31,33H,7-10H2,1-6H3,(H,36,37,38)/p-1. The first-order valence-electron chi connectivity index (χ1n) is 14.3. The zero-order chi connectivity index (χ0) is 31.0. The molecule has 4 rings (SSSR count). The van der Waals surface area contributed by atoms with Gasteiger partial charge in [-0.15, -0.1) is 0 Å². The summed E-state index contributed by atoms with van der Waals surface area (Å²) in [5.74, 6) is -1.35. The van der Waals surface area contributed by atoms with E-state index in [-0.39, 0.29) is 56.2 Å². The van der Waals surface area contributed by atoms with Crippen molar-refractivity contribution in [2.24, 2.45) is 5.92 Å². The van der Waals surface area contributed by atoms with Crippen LogP contribution in [-0.4, -0.2) is 33.8 Å². The Balaban J connectivity index is 1.69. The van der Waals surface area contributed by atoms with Crippen molar-refractivity contribution in [2.75, 3.05) is 4.72 Å². The van der Waals surface area contributed by atoms with Crippen LogP contribution in [-0.2, 0) is 24.9 Å². The first-order valence-corrected chi connectivity index (χ1v) is 17.2. The van der Waals surface area contributed by atoms with Gasteiger partial charge in [0.2, 0.25) is 6.29 Å². The van der Waals surface area contributed by atoms with Crippen molar-refractivity contribution in [1.82, 2.24) is 0 Å². The molecule has 8 nitrogen and oxygen atoms in total. The summed E-state index contributed by atoms with van der Waals surface area (Å²) in [5, 5.41) is 0.946. The van der Waals surface area contributed by atoms with E-state index in [0.29, 0.717) is 10.8 Å². The summed E-state index contributed by atoms with van der Waals surface area (Å²) in [5.41, 5.74) is 0.621. The highest BCUT2D eigenvalue weighted by atomic mass is 32.2. The lowest BCUT2D eigenvalue weighted by Gasteiger charge is -2.26. The third-order valence-electron chi connectivity index (χ3n) is 7.48. The van der Waals surface area contributed by atoms with Gasteiger partial charge in [0.05, 0.1) is 15.9 Å². The first kappa shape index (κ1) is 32.2. The van der Waals surface area contributed by atoms with Crippen LogP contribution in [0, 0.1) is 11.7 Å². The van der Waals surface area contributed by atoms with Crippen LogP contribution in [0.5, 0.6) is 5.75 Å². The van der Waals surface area contributed by atoms with Gasteiger partial charge in [-0.3, -0.25) is 4.72 Å². The lowest BCUT2D eigenvalue weighted by molar-refractivity contribution is -0.141. The minimum atomic E-state index is -4.80. The molecule has 230 valence electrons. The van der Waals surface area contributed by atoms with Crippen LogP contribution in [0.4, 0.5) is 10.1 Å². The fraction of sp³-hybridized carbons (Fsp3) is 0.484. The Morgan fingerprint density at radius 3 is 1.98 bits per heavy atom. The van der Waals surface area contributed by atoms with Gasteiger partial charge in [0.15, 0.2) is 11.6 Å². The molecule has 1 N–H and O–H groups in total. The van der Waals surface area contributed by atoms with Crippen LogP contribution in [0.1, 0.15) is 90.2 Å². The topological polar surface area (TPSA) is 122 Å². The van der Waals surface area contributed by atoms with Gasteiger partial charge in [-0.1, -0.05) is 60.5 Å². The lowest BCUT2D eigenvalue weighted by Crippen LogP contribution is -2.30. The van der Waals surface area contributed by atoms with E-state index >= 15 is 4.39 Å². The average molecular weight is 621 g/mol. The molecule has 0 bridgehead atoms. The predicted molar refractivity (Wildman–Crippen MR) is 160 cm³/mol. The molecule has 0 aliphatic heterocycles. The Kier molecular flexibility index (Phi) is 9.56. The maximum absolute atomic E-state index is 15.0. The maximum atomic E-state index is 15.0. The highest BCUT2D eigenvalue weighted by molar-refractivity contribution is 7.92. The quantitative estimate of drug-likeness (QED) is 0.177. The molecule has 3 aromatic carbocycles. The number of benzene rings is 3. The van der Waals surface area contributed by atoms with Crippen LogP contribution in [0.15, 0.2) is 52.3 Å². The fourth-order valence-electron chi connectivity index (χ4n) is 5.24. The molecule has 0 aromatic heterocycles. The van der Waals surface area contributed by atoms with Crippen LogP contribution in [0.2, 0.25) is 0 Å². The summed E-state index contributed by atoms with van der Waals surface area (Å²) < 4.78 is 93.0. The van der Waals surface area contributed by atoms with E-state index in [9.17, 15) is 21.4 Å². The van der Waals surface area contributed by atoms with Crippen molar-refractivity contribution in [3.63, 3.8) is 0 Å². The molecule has 0 heterocycles. The monoisotopic (exact) mass is 620 g/mol. The molecule has 1 fully saturated rings. The highest BCUT2D eigenvalue weighted by Gasteiger charge is 2.26. The number of fused-ring (bicyclic) bond motifs is 1. The van der Waals surface area contributed by atoms with Crippen LogP contribution >= 0.6 is 0 Å². The van der Waals surface area contributed by atoms with Crippen molar-refractivity contribution in [2.45, 2.75) is 101 Å². The van der Waals surface area contributed by atoms with Crippen molar-refractivity contribution in [3.8, 4) is 5.75 Å². The van der Waals surface area contributed by atoms with E-state index in [2.05, 4.69) is 4.72 Å². The second kappa shape index (κ2) is 12.5. The molecule has 3 aromatic rings. The lowest BCUT2D eigenvalue weighted by atomic mass is 9.94. The van der Waals surface area contributed by atoms with Gasteiger partial charge in [-0.25, -0.2) is 21.2 Å². The summed E-state index contributed by atoms with van der Waals surface area (Å²) in [4.78, 5) is -0.389. The smallest absolute Gasteiger partial charge is 0.261 e. The number of rotatable bonds is 11. The highest BCUT2D eigenvalue weighted by Crippen LogP contribution is 2.36. The van der Waals surface area contributed by atoms with Gasteiger partial charge in [-0.05, 0) is 83.0 Å². The Bertz CT molecular complexity index is 1630. The number of halogens is 1. The van der Waals surface area contributed by atoms with Gasteiger partial charge in [0.25, 0.3) is 10.0 Å². The van der Waals surface area contributed by atoms with Crippen LogP contribution in [0.25, 0.3) is 10.8 Å². The summed E-state index contributed by atoms with van der Waals surface area (Å²) in [6, 6.07) is 9.85. The summed E-state index contributed by atoms with van der Waals surface area (Å²) >= 11 is 0. The molecule has 0 saturated heterocycles. The van der Waals surface area contributed by atoms with E-state index in [1.54, 1.807) is 27.7 Å². The number of anilines is 1. The third-order valence-corrected chi connectivity index (χ3v) is 9.83. The Morgan fingerprint density at radius 1 is 0.857 bits per heavy atom. The van der Waals surface area contributed by atoms with E-state index in [1.807, 2.05) is 13.8 Å². The molecule has 11 heteroatoms. The average Bonchev–Trinajstić information content (AvgIpc) is 3.40.